The Hall–Kier alpha value is -2.63. The Morgan fingerprint density at radius 3 is 2.61 bits per heavy atom. The summed E-state index contributed by atoms with van der Waals surface area (Å²) in [5.74, 6) is 0.0154. The third-order valence-electron chi connectivity index (χ3n) is 4.68. The Morgan fingerprint density at radius 2 is 1.89 bits per heavy atom. The molecule has 6 heteroatoms. The van der Waals surface area contributed by atoms with Gasteiger partial charge in [0, 0.05) is 40.0 Å². The Morgan fingerprint density at radius 1 is 1.14 bits per heavy atom. The average Bonchev–Trinajstić information content (AvgIpc) is 3.29. The van der Waals surface area contributed by atoms with Gasteiger partial charge in [0.1, 0.15) is 0 Å². The van der Waals surface area contributed by atoms with Gasteiger partial charge in [0.05, 0.1) is 5.69 Å². The quantitative estimate of drug-likeness (QED) is 0.434. The largest absolute Gasteiger partial charge is 0.326 e. The maximum atomic E-state index is 12.3. The van der Waals surface area contributed by atoms with Gasteiger partial charge in [-0.2, -0.15) is 0 Å². The first-order valence-corrected chi connectivity index (χ1v) is 10.5. The summed E-state index contributed by atoms with van der Waals surface area (Å²) in [7, 11) is 0. The lowest BCUT2D eigenvalue weighted by atomic mass is 10.1. The molecule has 0 saturated heterocycles. The van der Waals surface area contributed by atoms with Gasteiger partial charge in [-0.1, -0.05) is 42.8 Å². The number of carbonyl (C=O) groups is 1. The number of aromatic nitrogens is 2. The first kappa shape index (κ1) is 18.7. The van der Waals surface area contributed by atoms with Crippen molar-refractivity contribution in [3.63, 3.8) is 0 Å². The Labute approximate surface area is 172 Å². The molecule has 2 aromatic carbocycles. The van der Waals surface area contributed by atoms with E-state index in [9.17, 15) is 4.79 Å². The highest BCUT2D eigenvalue weighted by molar-refractivity contribution is 7.15. The molecule has 0 unspecified atom stereocenters. The number of anilines is 1. The van der Waals surface area contributed by atoms with E-state index in [1.165, 1.54) is 5.56 Å². The molecule has 28 heavy (non-hydrogen) atoms. The first-order valence-electron chi connectivity index (χ1n) is 9.22. The SMILES string of the molecule is CCc1ccc(NC(=O)CCc2csc3nc(-c4ccc(Cl)cc4)cn23)cc1. The van der Waals surface area contributed by atoms with Gasteiger partial charge in [-0.3, -0.25) is 9.20 Å². The average molecular weight is 410 g/mol. The summed E-state index contributed by atoms with van der Waals surface area (Å²) in [4.78, 5) is 17.9. The van der Waals surface area contributed by atoms with Gasteiger partial charge in [-0.25, -0.2) is 4.98 Å². The van der Waals surface area contributed by atoms with Gasteiger partial charge in [-0.15, -0.1) is 11.3 Å². The minimum Gasteiger partial charge on any atom is -0.326 e. The second-order valence-electron chi connectivity index (χ2n) is 6.61. The Kier molecular flexibility index (Phi) is 5.46. The monoisotopic (exact) mass is 409 g/mol. The molecule has 0 aliphatic rings. The van der Waals surface area contributed by atoms with Crippen molar-refractivity contribution < 1.29 is 4.79 Å². The van der Waals surface area contributed by atoms with Crippen LogP contribution in [-0.2, 0) is 17.6 Å². The van der Waals surface area contributed by atoms with Crippen molar-refractivity contribution in [2.24, 2.45) is 0 Å². The predicted molar refractivity (Wildman–Crippen MR) is 116 cm³/mol. The number of thiazole rings is 1. The maximum Gasteiger partial charge on any atom is 0.224 e. The van der Waals surface area contributed by atoms with Crippen LogP contribution in [0.3, 0.4) is 0 Å². The van der Waals surface area contributed by atoms with E-state index in [0.29, 0.717) is 17.9 Å². The molecule has 0 radical (unpaired) electrons. The number of rotatable bonds is 6. The first-order chi connectivity index (χ1) is 13.6. The lowest BCUT2D eigenvalue weighted by Crippen LogP contribution is -2.12. The van der Waals surface area contributed by atoms with Crippen LogP contribution in [-0.4, -0.2) is 15.3 Å². The van der Waals surface area contributed by atoms with Gasteiger partial charge in [0.25, 0.3) is 0 Å². The van der Waals surface area contributed by atoms with Crippen molar-refractivity contribution in [3.8, 4) is 11.3 Å². The van der Waals surface area contributed by atoms with E-state index in [0.717, 1.165) is 34.0 Å². The van der Waals surface area contributed by atoms with E-state index in [4.69, 9.17) is 11.6 Å². The zero-order valence-corrected chi connectivity index (χ0v) is 17.1. The van der Waals surface area contributed by atoms with E-state index in [-0.39, 0.29) is 5.91 Å². The smallest absolute Gasteiger partial charge is 0.224 e. The number of fused-ring (bicyclic) bond motifs is 1. The van der Waals surface area contributed by atoms with E-state index >= 15 is 0 Å². The minimum atomic E-state index is 0.0154. The summed E-state index contributed by atoms with van der Waals surface area (Å²) in [6.45, 7) is 2.11. The number of amides is 1. The summed E-state index contributed by atoms with van der Waals surface area (Å²) in [6, 6.07) is 15.6. The minimum absolute atomic E-state index is 0.0154. The van der Waals surface area contributed by atoms with Gasteiger partial charge in [-0.05, 0) is 42.7 Å². The van der Waals surface area contributed by atoms with Crippen LogP contribution in [0, 0.1) is 0 Å². The van der Waals surface area contributed by atoms with Gasteiger partial charge in [0.15, 0.2) is 4.96 Å². The van der Waals surface area contributed by atoms with Crippen LogP contribution in [0.1, 0.15) is 24.6 Å². The molecule has 0 atom stereocenters. The lowest BCUT2D eigenvalue weighted by Gasteiger charge is -2.06. The molecule has 1 amide bonds. The summed E-state index contributed by atoms with van der Waals surface area (Å²) < 4.78 is 2.07. The van der Waals surface area contributed by atoms with Crippen LogP contribution < -0.4 is 5.32 Å². The molecule has 4 rings (SSSR count). The third kappa shape index (κ3) is 4.11. The number of benzene rings is 2. The van der Waals surface area contributed by atoms with Crippen LogP contribution in [0.25, 0.3) is 16.2 Å². The number of nitrogens with one attached hydrogen (secondary N) is 1. The van der Waals surface area contributed by atoms with Crippen molar-refractivity contribution >= 4 is 39.5 Å². The fraction of sp³-hybridized carbons (Fsp3) is 0.182. The molecule has 0 aliphatic heterocycles. The second kappa shape index (κ2) is 8.17. The molecule has 1 N–H and O–H groups in total. The molecular weight excluding hydrogens is 390 g/mol. The van der Waals surface area contributed by atoms with Crippen molar-refractivity contribution in [1.82, 2.24) is 9.38 Å². The predicted octanol–water partition coefficient (Wildman–Crippen LogP) is 5.85. The van der Waals surface area contributed by atoms with E-state index in [1.807, 2.05) is 54.7 Å². The highest BCUT2D eigenvalue weighted by atomic mass is 35.5. The molecule has 0 bridgehead atoms. The number of hydrogen-bond donors (Lipinski definition) is 1. The topological polar surface area (TPSA) is 46.4 Å². The number of nitrogens with zero attached hydrogens (tertiary/aromatic N) is 2. The lowest BCUT2D eigenvalue weighted by molar-refractivity contribution is -0.116. The van der Waals surface area contributed by atoms with E-state index in [2.05, 4.69) is 27.0 Å². The van der Waals surface area contributed by atoms with Gasteiger partial charge in [0.2, 0.25) is 5.91 Å². The molecule has 0 saturated carbocycles. The summed E-state index contributed by atoms with van der Waals surface area (Å²) in [6.07, 6.45) is 4.10. The highest BCUT2D eigenvalue weighted by Gasteiger charge is 2.11. The normalized spacial score (nSPS) is 11.1. The Bertz CT molecular complexity index is 1100. The van der Waals surface area contributed by atoms with Crippen LogP contribution >= 0.6 is 22.9 Å². The van der Waals surface area contributed by atoms with E-state index < -0.39 is 0 Å². The number of hydrogen-bond acceptors (Lipinski definition) is 3. The third-order valence-corrected chi connectivity index (χ3v) is 5.82. The summed E-state index contributed by atoms with van der Waals surface area (Å²) in [5, 5.41) is 5.74. The zero-order valence-electron chi connectivity index (χ0n) is 15.5. The molecule has 0 fully saturated rings. The van der Waals surface area contributed by atoms with Crippen LogP contribution in [0.5, 0.6) is 0 Å². The van der Waals surface area contributed by atoms with Crippen molar-refractivity contribution in [3.05, 3.63) is 76.4 Å². The van der Waals surface area contributed by atoms with Crippen LogP contribution in [0.15, 0.2) is 60.1 Å². The molecule has 2 aromatic heterocycles. The summed E-state index contributed by atoms with van der Waals surface area (Å²) in [5.41, 5.74) is 5.12. The highest BCUT2D eigenvalue weighted by Crippen LogP contribution is 2.25. The molecule has 4 aromatic rings. The van der Waals surface area contributed by atoms with Crippen molar-refractivity contribution in [2.45, 2.75) is 26.2 Å². The number of imidazole rings is 1. The molecule has 4 nitrogen and oxygen atoms in total. The van der Waals surface area contributed by atoms with Crippen LogP contribution in [0.4, 0.5) is 5.69 Å². The molecule has 0 spiro atoms. The van der Waals surface area contributed by atoms with Crippen molar-refractivity contribution in [1.29, 1.82) is 0 Å². The van der Waals surface area contributed by atoms with E-state index in [1.54, 1.807) is 11.3 Å². The fourth-order valence-corrected chi connectivity index (χ4v) is 4.09. The fourth-order valence-electron chi connectivity index (χ4n) is 3.06. The van der Waals surface area contributed by atoms with Gasteiger partial charge >= 0.3 is 0 Å². The van der Waals surface area contributed by atoms with Crippen LogP contribution in [0.2, 0.25) is 5.02 Å². The van der Waals surface area contributed by atoms with Crippen molar-refractivity contribution in [2.75, 3.05) is 5.32 Å². The number of carbonyl (C=O) groups excluding carboxylic acids is 1. The Balaban J connectivity index is 1.42. The molecule has 142 valence electrons. The zero-order chi connectivity index (χ0) is 19.5. The molecule has 2 heterocycles. The summed E-state index contributed by atoms with van der Waals surface area (Å²) >= 11 is 7.55. The molecule has 0 aliphatic carbocycles. The molecular formula is C22H20ClN3OS. The standard InChI is InChI=1S/C22H20ClN3OS/c1-2-15-3-9-18(10-4-15)24-21(27)12-11-19-14-28-22-25-20(13-26(19)22)16-5-7-17(23)8-6-16/h3-10,13-14H,2,11-12H2,1H3,(H,24,27). The maximum absolute atomic E-state index is 12.3. The number of aryl methyl sites for hydroxylation is 2. The van der Waals surface area contributed by atoms with Gasteiger partial charge < -0.3 is 5.32 Å². The second-order valence-corrected chi connectivity index (χ2v) is 7.88. The number of halogens is 1.